The molecule has 0 aromatic heterocycles. The Morgan fingerprint density at radius 2 is 1.80 bits per heavy atom. The molecule has 3 aromatic carbocycles. The Balaban J connectivity index is 1.27. The normalized spacial score (nSPS) is 20.0. The second-order valence-electron chi connectivity index (χ2n) is 13.7. The van der Waals surface area contributed by atoms with E-state index >= 15 is 4.39 Å². The molecule has 2 aliphatic rings. The molecule has 0 radical (unpaired) electrons. The summed E-state index contributed by atoms with van der Waals surface area (Å²) < 4.78 is 20.6. The summed E-state index contributed by atoms with van der Waals surface area (Å²) in [5.41, 5.74) is 2.93. The van der Waals surface area contributed by atoms with Gasteiger partial charge >= 0.3 is 6.09 Å². The van der Waals surface area contributed by atoms with E-state index in [1.165, 1.54) is 12.8 Å². The number of likely N-dealkylation sites (tertiary alicyclic amines) is 1. The van der Waals surface area contributed by atoms with Crippen LogP contribution in [0.3, 0.4) is 0 Å². The molecule has 0 saturated carbocycles. The van der Waals surface area contributed by atoms with Crippen molar-refractivity contribution in [2.75, 3.05) is 38.0 Å². The van der Waals surface area contributed by atoms with Crippen LogP contribution in [0.25, 0.3) is 10.8 Å². The summed E-state index contributed by atoms with van der Waals surface area (Å²) in [6.07, 6.45) is 1.55. The third-order valence-corrected chi connectivity index (χ3v) is 8.89. The average molecular weight is 627 g/mol. The lowest BCUT2D eigenvalue weighted by molar-refractivity contribution is 0.0635. The molecule has 2 amide bonds. The molecule has 2 fully saturated rings. The van der Waals surface area contributed by atoms with Gasteiger partial charge in [-0.1, -0.05) is 48.2 Å². The number of carbonyl (C=O) groups excluding carboxylic acids is 2. The highest BCUT2D eigenvalue weighted by Crippen LogP contribution is 2.29. The number of anilines is 1. The highest BCUT2D eigenvalue weighted by molar-refractivity contribution is 5.98. The van der Waals surface area contributed by atoms with Crippen LogP contribution in [0.2, 0.25) is 0 Å². The third-order valence-electron chi connectivity index (χ3n) is 8.89. The van der Waals surface area contributed by atoms with Crippen molar-refractivity contribution in [3.05, 3.63) is 76.9 Å². The molecule has 2 heterocycles. The molecule has 8 heteroatoms. The summed E-state index contributed by atoms with van der Waals surface area (Å²) in [7, 11) is 0. The predicted molar refractivity (Wildman–Crippen MR) is 183 cm³/mol. The summed E-state index contributed by atoms with van der Waals surface area (Å²) >= 11 is 0. The molecule has 244 valence electrons. The summed E-state index contributed by atoms with van der Waals surface area (Å²) in [5, 5.41) is 11.2. The Labute approximate surface area is 272 Å². The van der Waals surface area contributed by atoms with Gasteiger partial charge in [0.05, 0.1) is 12.0 Å². The number of benzene rings is 3. The predicted octanol–water partition coefficient (Wildman–Crippen LogP) is 7.00. The Morgan fingerprint density at radius 3 is 2.52 bits per heavy atom. The fourth-order valence-electron chi connectivity index (χ4n) is 6.42. The first-order valence-electron chi connectivity index (χ1n) is 16.5. The van der Waals surface area contributed by atoms with Crippen LogP contribution in [0.4, 0.5) is 14.9 Å². The summed E-state index contributed by atoms with van der Waals surface area (Å²) in [4.78, 5) is 28.0. The number of hydrogen-bond acceptors (Lipinski definition) is 5. The zero-order chi connectivity index (χ0) is 32.8. The highest BCUT2D eigenvalue weighted by atomic mass is 19.1. The van der Waals surface area contributed by atoms with Crippen molar-refractivity contribution < 1.29 is 18.7 Å². The van der Waals surface area contributed by atoms with Crippen molar-refractivity contribution in [2.45, 2.75) is 71.7 Å². The van der Waals surface area contributed by atoms with Crippen LogP contribution in [-0.4, -0.2) is 61.4 Å². The summed E-state index contributed by atoms with van der Waals surface area (Å²) in [5.74, 6) is 6.72. The topological polar surface area (TPSA) is 82.7 Å². The molecular formula is C38H47FN4O3. The summed E-state index contributed by atoms with van der Waals surface area (Å²) in [6, 6.07) is 16.9. The van der Waals surface area contributed by atoms with Crippen molar-refractivity contribution in [3.8, 4) is 11.8 Å². The smallest absolute Gasteiger partial charge is 0.412 e. The van der Waals surface area contributed by atoms with Crippen LogP contribution in [0.5, 0.6) is 0 Å². The second kappa shape index (κ2) is 14.7. The number of amides is 2. The number of halogens is 1. The van der Waals surface area contributed by atoms with Crippen LogP contribution in [0.1, 0.15) is 80.0 Å². The van der Waals surface area contributed by atoms with E-state index in [1.807, 2.05) is 50.2 Å². The van der Waals surface area contributed by atoms with E-state index in [4.69, 9.17) is 4.74 Å². The largest absolute Gasteiger partial charge is 0.444 e. The van der Waals surface area contributed by atoms with Crippen molar-refractivity contribution in [1.82, 2.24) is 15.5 Å². The van der Waals surface area contributed by atoms with Crippen LogP contribution in [0.15, 0.2) is 54.6 Å². The van der Waals surface area contributed by atoms with E-state index in [0.29, 0.717) is 23.7 Å². The van der Waals surface area contributed by atoms with E-state index in [2.05, 4.69) is 32.7 Å². The molecule has 7 nitrogen and oxygen atoms in total. The van der Waals surface area contributed by atoms with Gasteiger partial charge in [0.2, 0.25) is 0 Å². The van der Waals surface area contributed by atoms with Crippen LogP contribution < -0.4 is 16.0 Å². The molecule has 0 unspecified atom stereocenters. The molecule has 2 aliphatic heterocycles. The van der Waals surface area contributed by atoms with E-state index in [0.717, 1.165) is 60.1 Å². The van der Waals surface area contributed by atoms with Crippen molar-refractivity contribution in [3.63, 3.8) is 0 Å². The zero-order valence-electron chi connectivity index (χ0n) is 27.7. The maximum Gasteiger partial charge on any atom is 0.412 e. The van der Waals surface area contributed by atoms with Crippen LogP contribution in [0, 0.1) is 30.6 Å². The molecule has 0 bridgehead atoms. The van der Waals surface area contributed by atoms with Gasteiger partial charge < -0.3 is 20.3 Å². The van der Waals surface area contributed by atoms with Gasteiger partial charge in [0.1, 0.15) is 11.8 Å². The Bertz CT molecular complexity index is 1620. The van der Waals surface area contributed by atoms with Gasteiger partial charge in [0, 0.05) is 29.9 Å². The number of piperidine rings is 2. The summed E-state index contributed by atoms with van der Waals surface area (Å²) in [6.45, 7) is 13.7. The third kappa shape index (κ3) is 8.65. The van der Waals surface area contributed by atoms with Gasteiger partial charge in [0.15, 0.2) is 0 Å². The van der Waals surface area contributed by atoms with Crippen molar-refractivity contribution in [2.24, 2.45) is 11.8 Å². The molecule has 0 aliphatic carbocycles. The van der Waals surface area contributed by atoms with Gasteiger partial charge in [-0.15, -0.1) is 0 Å². The molecule has 0 spiro atoms. The number of ether oxygens (including phenoxy) is 1. The fraction of sp³-hybridized carbons (Fsp3) is 0.474. The van der Waals surface area contributed by atoms with E-state index < -0.39 is 17.9 Å². The molecule has 5 rings (SSSR count). The Kier molecular flexibility index (Phi) is 10.7. The quantitative estimate of drug-likeness (QED) is 0.257. The Hall–Kier alpha value is -3.93. The SMILES string of the molecule is Cc1ccc(NC(=O)OC(C)(C)C)cc1C(=O)N[C@H](C)c1ccc(C#C[C@@H]2CCN(CC3CCNCC3)C[C@@H]2F)c2ccccc12. The van der Waals surface area contributed by atoms with Gasteiger partial charge in [0.25, 0.3) is 5.91 Å². The van der Waals surface area contributed by atoms with Crippen molar-refractivity contribution in [1.29, 1.82) is 0 Å². The first-order valence-corrected chi connectivity index (χ1v) is 16.5. The van der Waals surface area contributed by atoms with Crippen LogP contribution >= 0.6 is 0 Å². The highest BCUT2D eigenvalue weighted by Gasteiger charge is 2.29. The Morgan fingerprint density at radius 1 is 1.07 bits per heavy atom. The number of aryl methyl sites for hydroxylation is 1. The number of fused-ring (bicyclic) bond motifs is 1. The van der Waals surface area contributed by atoms with Gasteiger partial charge in [-0.3, -0.25) is 10.1 Å². The number of rotatable bonds is 6. The zero-order valence-corrected chi connectivity index (χ0v) is 27.7. The fourth-order valence-corrected chi connectivity index (χ4v) is 6.42. The lowest BCUT2D eigenvalue weighted by Gasteiger charge is -2.35. The maximum atomic E-state index is 15.3. The van der Waals surface area contributed by atoms with Crippen molar-refractivity contribution >= 4 is 28.5 Å². The standard InChI is InChI=1S/C38H47FN4O3/c1-25-10-14-30(42-37(45)46-38(3,4)5)22-34(25)36(44)41-26(2)31-15-13-28(32-8-6-7-9-33(31)32)11-12-29-18-21-43(24-35(29)39)23-27-16-19-40-20-17-27/h6-10,13-15,22,26-27,29,35,40H,16-21,23-24H2,1-5H3,(H,41,44)(H,42,45)/t26-,29-,35+/m1/s1. The molecular weight excluding hydrogens is 579 g/mol. The van der Waals surface area contributed by atoms with Gasteiger partial charge in [-0.25, -0.2) is 9.18 Å². The monoisotopic (exact) mass is 626 g/mol. The number of alkyl halides is 1. The molecule has 46 heavy (non-hydrogen) atoms. The van der Waals surface area contributed by atoms with Gasteiger partial charge in [-0.2, -0.15) is 0 Å². The van der Waals surface area contributed by atoms with Crippen LogP contribution in [-0.2, 0) is 4.74 Å². The minimum atomic E-state index is -0.954. The molecule has 3 aromatic rings. The lowest BCUT2D eigenvalue weighted by atomic mass is 9.91. The number of nitrogens with one attached hydrogen (secondary N) is 3. The molecule has 3 N–H and O–H groups in total. The minimum absolute atomic E-state index is 0.244. The number of carbonyl (C=O) groups is 2. The first kappa shape index (κ1) is 33.4. The first-order chi connectivity index (χ1) is 22.0. The second-order valence-corrected chi connectivity index (χ2v) is 13.7. The minimum Gasteiger partial charge on any atom is -0.444 e. The van der Waals surface area contributed by atoms with E-state index in [-0.39, 0.29) is 17.9 Å². The average Bonchev–Trinajstić information content (AvgIpc) is 3.01. The molecule has 3 atom stereocenters. The van der Waals surface area contributed by atoms with E-state index in [1.54, 1.807) is 39.0 Å². The van der Waals surface area contributed by atoms with Gasteiger partial charge in [-0.05, 0) is 120 Å². The van der Waals surface area contributed by atoms with E-state index in [9.17, 15) is 9.59 Å². The maximum absolute atomic E-state index is 15.3. The molecule has 2 saturated heterocycles. The number of nitrogens with zero attached hydrogens (tertiary/aromatic N) is 1. The number of hydrogen-bond donors (Lipinski definition) is 3. The lowest BCUT2D eigenvalue weighted by Crippen LogP contribution is -2.45.